The van der Waals surface area contributed by atoms with Crippen molar-refractivity contribution in [3.63, 3.8) is 0 Å². The molecule has 0 spiro atoms. The normalized spacial score (nSPS) is 13.0. The van der Waals surface area contributed by atoms with Crippen LogP contribution in [-0.2, 0) is 4.79 Å². The van der Waals surface area contributed by atoms with Crippen molar-refractivity contribution < 1.29 is 13.9 Å². The van der Waals surface area contributed by atoms with E-state index in [4.69, 9.17) is 10.5 Å². The maximum atomic E-state index is 13.3. The molecule has 0 aliphatic carbocycles. The third kappa shape index (κ3) is 6.21. The maximum Gasteiger partial charge on any atom is 0.237 e. The highest BCUT2D eigenvalue weighted by molar-refractivity contribution is 5.85. The zero-order valence-corrected chi connectivity index (χ0v) is 12.6. The summed E-state index contributed by atoms with van der Waals surface area (Å²) < 4.78 is 18.7. The van der Waals surface area contributed by atoms with Gasteiger partial charge in [0.05, 0.1) is 12.6 Å². The van der Waals surface area contributed by atoms with Gasteiger partial charge in [0.1, 0.15) is 6.10 Å². The van der Waals surface area contributed by atoms with E-state index in [1.165, 1.54) is 6.07 Å². The van der Waals surface area contributed by atoms with Crippen molar-refractivity contribution >= 4 is 18.3 Å². The SMILES string of the molecule is CCCC(N)C(=O)NCC(C)Oc1ccccc1F.Cl. The Morgan fingerprint density at radius 3 is 2.70 bits per heavy atom. The van der Waals surface area contributed by atoms with Gasteiger partial charge in [0.2, 0.25) is 5.91 Å². The average molecular weight is 305 g/mol. The minimum absolute atomic E-state index is 0. The molecular formula is C14H22ClFN2O2. The van der Waals surface area contributed by atoms with Gasteiger partial charge in [-0.25, -0.2) is 4.39 Å². The molecule has 4 nitrogen and oxygen atoms in total. The lowest BCUT2D eigenvalue weighted by molar-refractivity contribution is -0.122. The second-order valence-electron chi connectivity index (χ2n) is 4.50. The number of nitrogens with two attached hydrogens (primary N) is 1. The Labute approximate surface area is 125 Å². The summed E-state index contributed by atoms with van der Waals surface area (Å²) in [6.07, 6.45) is 1.18. The van der Waals surface area contributed by atoms with Crippen molar-refractivity contribution in [1.29, 1.82) is 0 Å². The first-order valence-electron chi connectivity index (χ1n) is 6.49. The van der Waals surface area contributed by atoms with E-state index in [1.54, 1.807) is 25.1 Å². The monoisotopic (exact) mass is 304 g/mol. The van der Waals surface area contributed by atoms with Crippen LogP contribution in [0, 0.1) is 5.82 Å². The van der Waals surface area contributed by atoms with Crippen molar-refractivity contribution in [1.82, 2.24) is 5.32 Å². The van der Waals surface area contributed by atoms with Crippen molar-refractivity contribution in [2.75, 3.05) is 6.54 Å². The van der Waals surface area contributed by atoms with E-state index in [-0.39, 0.29) is 30.2 Å². The molecule has 20 heavy (non-hydrogen) atoms. The molecule has 3 N–H and O–H groups in total. The molecule has 1 aromatic carbocycles. The predicted molar refractivity (Wildman–Crippen MR) is 79.6 cm³/mol. The molecule has 2 atom stereocenters. The fourth-order valence-electron chi connectivity index (χ4n) is 1.62. The fraction of sp³-hybridized carbons (Fsp3) is 0.500. The number of carbonyl (C=O) groups excluding carboxylic acids is 1. The molecule has 0 fully saturated rings. The molecule has 0 bridgehead atoms. The van der Waals surface area contributed by atoms with Crippen molar-refractivity contribution in [2.45, 2.75) is 38.8 Å². The lowest BCUT2D eigenvalue weighted by Crippen LogP contribution is -2.43. The van der Waals surface area contributed by atoms with E-state index < -0.39 is 11.9 Å². The Morgan fingerprint density at radius 2 is 2.10 bits per heavy atom. The minimum atomic E-state index is -0.495. The Bertz CT molecular complexity index is 418. The summed E-state index contributed by atoms with van der Waals surface area (Å²) >= 11 is 0. The molecule has 0 saturated heterocycles. The zero-order chi connectivity index (χ0) is 14.3. The van der Waals surface area contributed by atoms with E-state index in [9.17, 15) is 9.18 Å². The quantitative estimate of drug-likeness (QED) is 0.812. The average Bonchev–Trinajstić information content (AvgIpc) is 2.39. The number of amides is 1. The van der Waals surface area contributed by atoms with E-state index in [1.807, 2.05) is 6.92 Å². The Kier molecular flexibility index (Phi) is 8.92. The molecule has 1 amide bonds. The third-order valence-corrected chi connectivity index (χ3v) is 2.67. The summed E-state index contributed by atoms with van der Waals surface area (Å²) in [7, 11) is 0. The molecule has 114 valence electrons. The summed E-state index contributed by atoms with van der Waals surface area (Å²) in [6, 6.07) is 5.68. The summed E-state index contributed by atoms with van der Waals surface area (Å²) in [6.45, 7) is 4.03. The molecule has 0 saturated carbocycles. The lowest BCUT2D eigenvalue weighted by atomic mass is 10.1. The number of ether oxygens (including phenoxy) is 1. The second kappa shape index (κ2) is 9.55. The number of carbonyl (C=O) groups is 1. The number of benzene rings is 1. The first-order valence-corrected chi connectivity index (χ1v) is 6.49. The van der Waals surface area contributed by atoms with Crippen LogP contribution in [0.2, 0.25) is 0 Å². The Morgan fingerprint density at radius 1 is 1.45 bits per heavy atom. The van der Waals surface area contributed by atoms with Crippen LogP contribution >= 0.6 is 12.4 Å². The van der Waals surface area contributed by atoms with Crippen LogP contribution < -0.4 is 15.8 Å². The van der Waals surface area contributed by atoms with Gasteiger partial charge in [-0.2, -0.15) is 0 Å². The van der Waals surface area contributed by atoms with Gasteiger partial charge in [-0.1, -0.05) is 25.5 Å². The van der Waals surface area contributed by atoms with Crippen molar-refractivity contribution in [3.8, 4) is 5.75 Å². The summed E-state index contributed by atoms with van der Waals surface area (Å²) in [4.78, 5) is 11.6. The first kappa shape index (κ1) is 18.7. The van der Waals surface area contributed by atoms with E-state index in [2.05, 4.69) is 5.32 Å². The number of hydrogen-bond donors (Lipinski definition) is 2. The van der Waals surface area contributed by atoms with Gasteiger partial charge in [0.15, 0.2) is 11.6 Å². The van der Waals surface area contributed by atoms with E-state index in [0.29, 0.717) is 13.0 Å². The highest BCUT2D eigenvalue weighted by Gasteiger charge is 2.14. The predicted octanol–water partition coefficient (Wildman–Crippen LogP) is 2.26. The highest BCUT2D eigenvalue weighted by Crippen LogP contribution is 2.16. The molecular weight excluding hydrogens is 283 g/mol. The second-order valence-corrected chi connectivity index (χ2v) is 4.50. The first-order chi connectivity index (χ1) is 9.04. The van der Waals surface area contributed by atoms with Crippen molar-refractivity contribution in [3.05, 3.63) is 30.1 Å². The van der Waals surface area contributed by atoms with Crippen LogP contribution in [0.15, 0.2) is 24.3 Å². The van der Waals surface area contributed by atoms with Crippen LogP contribution in [0.4, 0.5) is 4.39 Å². The van der Waals surface area contributed by atoms with Crippen LogP contribution in [0.1, 0.15) is 26.7 Å². The van der Waals surface area contributed by atoms with Gasteiger partial charge < -0.3 is 15.8 Å². The molecule has 1 aromatic rings. The van der Waals surface area contributed by atoms with E-state index >= 15 is 0 Å². The summed E-state index contributed by atoms with van der Waals surface area (Å²) in [5.74, 6) is -0.434. The van der Waals surface area contributed by atoms with Gasteiger partial charge in [0.25, 0.3) is 0 Å². The maximum absolute atomic E-state index is 13.3. The van der Waals surface area contributed by atoms with Crippen molar-refractivity contribution in [2.24, 2.45) is 5.73 Å². The molecule has 0 aliphatic rings. The Balaban J connectivity index is 0.00000361. The molecule has 6 heteroatoms. The smallest absolute Gasteiger partial charge is 0.237 e. The molecule has 0 aromatic heterocycles. The molecule has 2 unspecified atom stereocenters. The molecule has 0 heterocycles. The number of halogens is 2. The third-order valence-electron chi connectivity index (χ3n) is 2.67. The van der Waals surface area contributed by atoms with Crippen LogP contribution in [0.5, 0.6) is 5.75 Å². The van der Waals surface area contributed by atoms with E-state index in [0.717, 1.165) is 6.42 Å². The van der Waals surface area contributed by atoms with Gasteiger partial charge in [-0.05, 0) is 25.5 Å². The largest absolute Gasteiger partial charge is 0.486 e. The molecule has 1 rings (SSSR count). The fourth-order valence-corrected chi connectivity index (χ4v) is 1.62. The lowest BCUT2D eigenvalue weighted by Gasteiger charge is -2.17. The van der Waals surface area contributed by atoms with Crippen LogP contribution in [-0.4, -0.2) is 24.6 Å². The minimum Gasteiger partial charge on any atom is -0.486 e. The van der Waals surface area contributed by atoms with Gasteiger partial charge >= 0.3 is 0 Å². The number of nitrogens with one attached hydrogen (secondary N) is 1. The van der Waals surface area contributed by atoms with Crippen LogP contribution in [0.25, 0.3) is 0 Å². The number of para-hydroxylation sites is 1. The number of hydrogen-bond acceptors (Lipinski definition) is 3. The highest BCUT2D eigenvalue weighted by atomic mass is 35.5. The van der Waals surface area contributed by atoms with Crippen LogP contribution in [0.3, 0.4) is 0 Å². The summed E-state index contributed by atoms with van der Waals surface area (Å²) in [5.41, 5.74) is 5.68. The Hall–Kier alpha value is -1.33. The van der Waals surface area contributed by atoms with Gasteiger partial charge in [-0.3, -0.25) is 4.79 Å². The molecule has 0 radical (unpaired) electrons. The zero-order valence-electron chi connectivity index (χ0n) is 11.8. The topological polar surface area (TPSA) is 64.4 Å². The van der Waals surface area contributed by atoms with Gasteiger partial charge in [0, 0.05) is 0 Å². The summed E-state index contributed by atoms with van der Waals surface area (Å²) in [5, 5.41) is 2.70. The number of rotatable bonds is 7. The van der Waals surface area contributed by atoms with Gasteiger partial charge in [-0.15, -0.1) is 12.4 Å². The molecule has 0 aliphatic heterocycles. The standard InChI is InChI=1S/C14H21FN2O2.ClH/c1-3-6-12(16)14(18)17-9-10(2)19-13-8-5-4-7-11(13)15;/h4-5,7-8,10,12H,3,6,9,16H2,1-2H3,(H,17,18);1H.